The lowest BCUT2D eigenvalue weighted by Gasteiger charge is -2.15. The highest BCUT2D eigenvalue weighted by atomic mass is 16.5. The number of hydrogen-bond acceptors (Lipinski definition) is 4. The van der Waals surface area contributed by atoms with Crippen LogP contribution in [-0.2, 0) is 4.79 Å². The minimum atomic E-state index is -0.433. The molecule has 0 aliphatic carbocycles. The molecule has 2 heterocycles. The second kappa shape index (κ2) is 6.61. The second-order valence-electron chi connectivity index (χ2n) is 5.68. The molecule has 8 heteroatoms. The molecule has 3 amide bonds. The Labute approximate surface area is 139 Å². The Bertz CT molecular complexity index is 744. The number of anilines is 2. The van der Waals surface area contributed by atoms with E-state index in [4.69, 9.17) is 4.74 Å². The molecule has 1 aliphatic heterocycles. The Kier molecular flexibility index (Phi) is 4.37. The summed E-state index contributed by atoms with van der Waals surface area (Å²) < 4.78 is 5.75. The van der Waals surface area contributed by atoms with Crippen molar-refractivity contribution in [3.63, 3.8) is 0 Å². The Morgan fingerprint density at radius 1 is 1.38 bits per heavy atom. The van der Waals surface area contributed by atoms with E-state index in [9.17, 15) is 9.59 Å². The SMILES string of the molecule is Cc1cc(O[C@@H]2CCN(C)C2=O)ccc1NC(=O)Nc1ccn[nH]1. The maximum Gasteiger partial charge on any atom is 0.324 e. The van der Waals surface area contributed by atoms with E-state index in [0.717, 1.165) is 5.56 Å². The van der Waals surface area contributed by atoms with Gasteiger partial charge in [0, 0.05) is 31.8 Å². The zero-order chi connectivity index (χ0) is 17.1. The Balaban J connectivity index is 1.62. The van der Waals surface area contributed by atoms with Crippen LogP contribution in [-0.4, -0.2) is 46.7 Å². The second-order valence-corrected chi connectivity index (χ2v) is 5.68. The lowest BCUT2D eigenvalue weighted by molar-refractivity contribution is -0.132. The zero-order valence-corrected chi connectivity index (χ0v) is 13.5. The molecule has 0 unspecified atom stereocenters. The molecule has 0 spiro atoms. The lowest BCUT2D eigenvalue weighted by Crippen LogP contribution is -2.29. The average molecular weight is 329 g/mol. The number of carbonyl (C=O) groups excluding carboxylic acids is 2. The first-order chi connectivity index (χ1) is 11.5. The van der Waals surface area contributed by atoms with E-state index < -0.39 is 6.10 Å². The summed E-state index contributed by atoms with van der Waals surface area (Å²) in [5, 5.41) is 11.8. The fraction of sp³-hybridized carbons (Fsp3) is 0.312. The van der Waals surface area contributed by atoms with Gasteiger partial charge in [-0.1, -0.05) is 0 Å². The minimum absolute atomic E-state index is 0.00575. The summed E-state index contributed by atoms with van der Waals surface area (Å²) in [6.07, 6.45) is 1.80. The summed E-state index contributed by atoms with van der Waals surface area (Å²) in [6.45, 7) is 2.57. The molecule has 3 rings (SSSR count). The molecule has 8 nitrogen and oxygen atoms in total. The van der Waals surface area contributed by atoms with E-state index in [1.165, 1.54) is 0 Å². The van der Waals surface area contributed by atoms with Crippen molar-refractivity contribution in [3.05, 3.63) is 36.0 Å². The van der Waals surface area contributed by atoms with Gasteiger partial charge < -0.3 is 15.0 Å². The van der Waals surface area contributed by atoms with Crippen LogP contribution in [0.3, 0.4) is 0 Å². The molecular formula is C16H19N5O3. The summed E-state index contributed by atoms with van der Waals surface area (Å²) in [7, 11) is 1.77. The molecule has 3 N–H and O–H groups in total. The summed E-state index contributed by atoms with van der Waals surface area (Å²) in [4.78, 5) is 25.5. The van der Waals surface area contributed by atoms with Crippen molar-refractivity contribution >= 4 is 23.4 Å². The van der Waals surface area contributed by atoms with Gasteiger partial charge >= 0.3 is 6.03 Å². The molecule has 1 aromatic heterocycles. The van der Waals surface area contributed by atoms with E-state index in [1.54, 1.807) is 42.4 Å². The molecule has 0 bridgehead atoms. The van der Waals surface area contributed by atoms with Crippen molar-refractivity contribution in [2.75, 3.05) is 24.2 Å². The summed E-state index contributed by atoms with van der Waals surface area (Å²) in [5.74, 6) is 1.11. The molecule has 0 radical (unpaired) electrons. The number of aromatic nitrogens is 2. The molecule has 1 atom stereocenters. The number of likely N-dealkylation sites (tertiary alicyclic amines) is 1. The topological polar surface area (TPSA) is 99.3 Å². The fourth-order valence-corrected chi connectivity index (χ4v) is 2.52. The third kappa shape index (κ3) is 3.48. The van der Waals surface area contributed by atoms with E-state index in [0.29, 0.717) is 30.2 Å². The normalized spacial score (nSPS) is 17.0. The minimum Gasteiger partial charge on any atom is -0.481 e. The number of aromatic amines is 1. The quantitative estimate of drug-likeness (QED) is 0.798. The van der Waals surface area contributed by atoms with Crippen LogP contribution >= 0.6 is 0 Å². The number of amides is 3. The van der Waals surface area contributed by atoms with Crippen LogP contribution in [0.2, 0.25) is 0 Å². The molecule has 1 saturated heterocycles. The Morgan fingerprint density at radius 2 is 2.21 bits per heavy atom. The van der Waals surface area contributed by atoms with Gasteiger partial charge in [-0.2, -0.15) is 5.10 Å². The highest BCUT2D eigenvalue weighted by molar-refractivity contribution is 5.99. The Hall–Kier alpha value is -3.03. The first kappa shape index (κ1) is 15.9. The van der Waals surface area contributed by atoms with Crippen LogP contribution in [0.5, 0.6) is 5.75 Å². The van der Waals surface area contributed by atoms with Gasteiger partial charge in [0.1, 0.15) is 11.6 Å². The maximum atomic E-state index is 11.9. The lowest BCUT2D eigenvalue weighted by atomic mass is 10.2. The van der Waals surface area contributed by atoms with Gasteiger partial charge in [-0.25, -0.2) is 4.79 Å². The van der Waals surface area contributed by atoms with E-state index in [1.807, 2.05) is 6.92 Å². The Morgan fingerprint density at radius 3 is 2.83 bits per heavy atom. The van der Waals surface area contributed by atoms with E-state index >= 15 is 0 Å². The van der Waals surface area contributed by atoms with Gasteiger partial charge in [-0.05, 0) is 30.7 Å². The van der Waals surface area contributed by atoms with Crippen LogP contribution in [0.25, 0.3) is 0 Å². The molecule has 1 aromatic carbocycles. The molecule has 24 heavy (non-hydrogen) atoms. The van der Waals surface area contributed by atoms with Gasteiger partial charge in [-0.3, -0.25) is 15.2 Å². The van der Waals surface area contributed by atoms with Gasteiger partial charge in [0.15, 0.2) is 6.10 Å². The largest absolute Gasteiger partial charge is 0.481 e. The molecule has 0 saturated carbocycles. The molecular weight excluding hydrogens is 310 g/mol. The van der Waals surface area contributed by atoms with Gasteiger partial charge in [0.2, 0.25) is 0 Å². The number of nitrogens with one attached hydrogen (secondary N) is 3. The number of nitrogens with zero attached hydrogens (tertiary/aromatic N) is 2. The number of H-pyrrole nitrogens is 1. The number of benzene rings is 1. The first-order valence-electron chi connectivity index (χ1n) is 7.62. The number of rotatable bonds is 4. The van der Waals surface area contributed by atoms with Gasteiger partial charge in [0.25, 0.3) is 5.91 Å². The average Bonchev–Trinajstić information content (AvgIpc) is 3.15. The third-order valence-electron chi connectivity index (χ3n) is 3.85. The van der Waals surface area contributed by atoms with Gasteiger partial charge in [-0.15, -0.1) is 0 Å². The van der Waals surface area contributed by atoms with E-state index in [2.05, 4.69) is 20.8 Å². The first-order valence-corrected chi connectivity index (χ1v) is 7.62. The van der Waals surface area contributed by atoms with Crippen molar-refractivity contribution in [2.24, 2.45) is 0 Å². The number of urea groups is 1. The molecule has 1 aliphatic rings. The maximum absolute atomic E-state index is 11.9. The van der Waals surface area contributed by atoms with Crippen LogP contribution in [0.1, 0.15) is 12.0 Å². The fourth-order valence-electron chi connectivity index (χ4n) is 2.52. The molecule has 1 fully saturated rings. The summed E-state index contributed by atoms with van der Waals surface area (Å²) in [6, 6.07) is 6.57. The molecule has 126 valence electrons. The van der Waals surface area contributed by atoms with Crippen molar-refractivity contribution in [3.8, 4) is 5.75 Å². The predicted octanol–water partition coefficient (Wildman–Crippen LogP) is 1.97. The number of carbonyl (C=O) groups is 2. The number of aryl methyl sites for hydroxylation is 1. The van der Waals surface area contributed by atoms with Crippen LogP contribution in [0.4, 0.5) is 16.3 Å². The van der Waals surface area contributed by atoms with Crippen molar-refractivity contribution in [1.29, 1.82) is 0 Å². The van der Waals surface area contributed by atoms with Crippen molar-refractivity contribution < 1.29 is 14.3 Å². The van der Waals surface area contributed by atoms with Crippen LogP contribution in [0, 0.1) is 6.92 Å². The standard InChI is InChI=1S/C16H19N5O3/c1-10-9-11(24-13-6-8-21(2)15(13)22)3-4-12(10)18-16(23)19-14-5-7-17-20-14/h3-5,7,9,13H,6,8H2,1-2H3,(H3,17,18,19,20,23)/t13-/m1/s1. The highest BCUT2D eigenvalue weighted by Gasteiger charge is 2.30. The van der Waals surface area contributed by atoms with Crippen molar-refractivity contribution in [2.45, 2.75) is 19.4 Å². The highest BCUT2D eigenvalue weighted by Crippen LogP contribution is 2.24. The smallest absolute Gasteiger partial charge is 0.324 e. The monoisotopic (exact) mass is 329 g/mol. The van der Waals surface area contributed by atoms with Crippen molar-refractivity contribution in [1.82, 2.24) is 15.1 Å². The number of likely N-dealkylation sites (N-methyl/N-ethyl adjacent to an activating group) is 1. The number of hydrogen-bond donors (Lipinski definition) is 3. The number of ether oxygens (including phenoxy) is 1. The predicted molar refractivity (Wildman–Crippen MR) is 89.1 cm³/mol. The summed E-state index contributed by atoms with van der Waals surface area (Å²) >= 11 is 0. The third-order valence-corrected chi connectivity index (χ3v) is 3.85. The van der Waals surface area contributed by atoms with Gasteiger partial charge in [0.05, 0.1) is 6.20 Å². The van der Waals surface area contributed by atoms with E-state index in [-0.39, 0.29) is 11.9 Å². The summed E-state index contributed by atoms with van der Waals surface area (Å²) in [5.41, 5.74) is 1.50. The zero-order valence-electron chi connectivity index (χ0n) is 13.5. The van der Waals surface area contributed by atoms with Crippen LogP contribution in [0.15, 0.2) is 30.5 Å². The van der Waals surface area contributed by atoms with Crippen LogP contribution < -0.4 is 15.4 Å². The molecule has 2 aromatic rings.